The number of ketones is 1. The summed E-state index contributed by atoms with van der Waals surface area (Å²) in [5.74, 6) is 2.60. The molecule has 0 aliphatic carbocycles. The van der Waals surface area contributed by atoms with E-state index >= 15 is 0 Å². The molecule has 0 aromatic heterocycles. The van der Waals surface area contributed by atoms with Gasteiger partial charge in [-0.2, -0.15) is 0 Å². The van der Waals surface area contributed by atoms with Crippen LogP contribution in [0, 0.1) is 13.8 Å². The highest BCUT2D eigenvalue weighted by Gasteiger charge is 2.33. The Kier molecular flexibility index (Phi) is 5.65. The van der Waals surface area contributed by atoms with Crippen LogP contribution in [0.4, 0.5) is 0 Å². The SMILES string of the molecule is COc1ccc(CCN2COc3c(cc4c(c3C)O/C(=C\c3ccccc3C)C4=O)C2)cc1. The van der Waals surface area contributed by atoms with E-state index in [2.05, 4.69) is 17.0 Å². The topological polar surface area (TPSA) is 48.0 Å². The zero-order valence-electron chi connectivity index (χ0n) is 19.2. The molecule has 0 N–H and O–H groups in total. The number of nitrogens with zero attached hydrogens (tertiary/aromatic N) is 1. The van der Waals surface area contributed by atoms with Gasteiger partial charge in [0.2, 0.25) is 5.78 Å². The summed E-state index contributed by atoms with van der Waals surface area (Å²) < 4.78 is 17.4. The first-order chi connectivity index (χ1) is 16.0. The first kappa shape index (κ1) is 21.3. The molecule has 0 spiro atoms. The summed E-state index contributed by atoms with van der Waals surface area (Å²) in [4.78, 5) is 15.4. The smallest absolute Gasteiger partial charge is 0.231 e. The summed E-state index contributed by atoms with van der Waals surface area (Å²) in [6.45, 7) is 6.11. The van der Waals surface area contributed by atoms with Gasteiger partial charge in [0.25, 0.3) is 0 Å². The van der Waals surface area contributed by atoms with E-state index in [1.54, 1.807) is 7.11 Å². The van der Waals surface area contributed by atoms with E-state index in [-0.39, 0.29) is 5.78 Å². The van der Waals surface area contributed by atoms with Gasteiger partial charge in [-0.05, 0) is 61.2 Å². The first-order valence-corrected chi connectivity index (χ1v) is 11.2. The average molecular weight is 442 g/mol. The van der Waals surface area contributed by atoms with Crippen LogP contribution in [0.25, 0.3) is 6.08 Å². The van der Waals surface area contributed by atoms with Crippen molar-refractivity contribution in [1.82, 2.24) is 4.90 Å². The van der Waals surface area contributed by atoms with E-state index in [0.29, 0.717) is 23.8 Å². The van der Waals surface area contributed by atoms with Crippen LogP contribution in [0.2, 0.25) is 0 Å². The van der Waals surface area contributed by atoms with Crippen molar-refractivity contribution in [3.05, 3.63) is 93.7 Å². The zero-order chi connectivity index (χ0) is 22.9. The monoisotopic (exact) mass is 441 g/mol. The summed E-state index contributed by atoms with van der Waals surface area (Å²) in [5.41, 5.74) is 5.87. The highest BCUT2D eigenvalue weighted by molar-refractivity contribution is 6.15. The Bertz CT molecular complexity index is 1240. The second kappa shape index (κ2) is 8.75. The van der Waals surface area contributed by atoms with Crippen molar-refractivity contribution in [2.24, 2.45) is 0 Å². The fourth-order valence-corrected chi connectivity index (χ4v) is 4.41. The largest absolute Gasteiger partial charge is 0.497 e. The van der Waals surface area contributed by atoms with E-state index in [0.717, 1.165) is 53.3 Å². The van der Waals surface area contributed by atoms with Gasteiger partial charge >= 0.3 is 0 Å². The maximum absolute atomic E-state index is 13.1. The van der Waals surface area contributed by atoms with Crippen LogP contribution in [-0.2, 0) is 13.0 Å². The minimum atomic E-state index is -0.0745. The lowest BCUT2D eigenvalue weighted by atomic mass is 9.99. The number of fused-ring (bicyclic) bond motifs is 2. The summed E-state index contributed by atoms with van der Waals surface area (Å²) in [6.07, 6.45) is 2.75. The second-order valence-corrected chi connectivity index (χ2v) is 8.59. The van der Waals surface area contributed by atoms with Crippen molar-refractivity contribution in [2.75, 3.05) is 20.4 Å². The molecule has 168 valence electrons. The van der Waals surface area contributed by atoms with E-state index in [1.165, 1.54) is 5.56 Å². The lowest BCUT2D eigenvalue weighted by Gasteiger charge is -2.30. The maximum atomic E-state index is 13.1. The van der Waals surface area contributed by atoms with Crippen molar-refractivity contribution >= 4 is 11.9 Å². The molecule has 0 fully saturated rings. The fourth-order valence-electron chi connectivity index (χ4n) is 4.41. The van der Waals surface area contributed by atoms with Crippen molar-refractivity contribution in [3.8, 4) is 17.2 Å². The lowest BCUT2D eigenvalue weighted by molar-refractivity contribution is 0.0954. The Balaban J connectivity index is 1.34. The molecule has 3 aromatic rings. The van der Waals surface area contributed by atoms with Crippen LogP contribution in [0.5, 0.6) is 17.2 Å². The Morgan fingerprint density at radius 1 is 1.06 bits per heavy atom. The molecule has 0 bridgehead atoms. The Morgan fingerprint density at radius 3 is 2.61 bits per heavy atom. The molecule has 0 radical (unpaired) electrons. The highest BCUT2D eigenvalue weighted by Crippen LogP contribution is 2.43. The predicted molar refractivity (Wildman–Crippen MR) is 128 cm³/mol. The molecule has 5 rings (SSSR count). The van der Waals surface area contributed by atoms with E-state index in [4.69, 9.17) is 14.2 Å². The third-order valence-electron chi connectivity index (χ3n) is 6.35. The van der Waals surface area contributed by atoms with Gasteiger partial charge in [0, 0.05) is 24.2 Å². The van der Waals surface area contributed by atoms with Crippen molar-refractivity contribution in [3.63, 3.8) is 0 Å². The van der Waals surface area contributed by atoms with Gasteiger partial charge in [-0.25, -0.2) is 0 Å². The number of carbonyl (C=O) groups is 1. The second-order valence-electron chi connectivity index (χ2n) is 8.59. The van der Waals surface area contributed by atoms with Crippen LogP contribution in [0.3, 0.4) is 0 Å². The maximum Gasteiger partial charge on any atom is 0.231 e. The van der Waals surface area contributed by atoms with Crippen LogP contribution in [0.15, 0.2) is 60.4 Å². The molecule has 0 amide bonds. The van der Waals surface area contributed by atoms with Gasteiger partial charge in [0.05, 0.1) is 12.7 Å². The van der Waals surface area contributed by atoms with Gasteiger partial charge in [-0.3, -0.25) is 9.69 Å². The quantitative estimate of drug-likeness (QED) is 0.502. The summed E-state index contributed by atoms with van der Waals surface area (Å²) in [7, 11) is 1.67. The molecular weight excluding hydrogens is 414 g/mol. The molecule has 0 saturated carbocycles. The van der Waals surface area contributed by atoms with E-state index < -0.39 is 0 Å². The number of Topliss-reactive ketones (excluding diaryl/α,β-unsaturated/α-hetero) is 1. The van der Waals surface area contributed by atoms with Gasteiger partial charge < -0.3 is 14.2 Å². The zero-order valence-corrected chi connectivity index (χ0v) is 19.2. The number of rotatable bonds is 5. The minimum Gasteiger partial charge on any atom is -0.497 e. The molecule has 2 heterocycles. The number of ether oxygens (including phenoxy) is 3. The van der Waals surface area contributed by atoms with Crippen LogP contribution in [0.1, 0.15) is 38.2 Å². The van der Waals surface area contributed by atoms with Crippen LogP contribution < -0.4 is 14.2 Å². The summed E-state index contributed by atoms with van der Waals surface area (Å²) in [6, 6.07) is 18.1. The first-order valence-electron chi connectivity index (χ1n) is 11.2. The normalized spacial score (nSPS) is 16.2. The molecule has 0 saturated heterocycles. The molecular formula is C28H27NO4. The molecule has 33 heavy (non-hydrogen) atoms. The van der Waals surface area contributed by atoms with Crippen molar-refractivity contribution in [2.45, 2.75) is 26.8 Å². The number of carbonyl (C=O) groups excluding carboxylic acids is 1. The Morgan fingerprint density at radius 2 is 1.85 bits per heavy atom. The van der Waals surface area contributed by atoms with Crippen LogP contribution in [-0.4, -0.2) is 31.1 Å². The molecule has 2 aliphatic rings. The van der Waals surface area contributed by atoms with Crippen molar-refractivity contribution < 1.29 is 19.0 Å². The van der Waals surface area contributed by atoms with Gasteiger partial charge in [-0.15, -0.1) is 0 Å². The summed E-state index contributed by atoms with van der Waals surface area (Å²) >= 11 is 0. The number of aryl methyl sites for hydroxylation is 1. The fraction of sp³-hybridized carbons (Fsp3) is 0.250. The standard InChI is InChI=1S/C28H27NO4/c1-18-6-4-5-7-21(18)15-25-26(30)24-14-22-16-29(17-32-27(22)19(2)28(24)33-25)13-12-20-8-10-23(31-3)11-9-20/h4-11,14-15H,12-13,16-17H2,1-3H3/b25-15-. The summed E-state index contributed by atoms with van der Waals surface area (Å²) in [5, 5.41) is 0. The average Bonchev–Trinajstić information content (AvgIpc) is 3.15. The molecule has 3 aromatic carbocycles. The minimum absolute atomic E-state index is 0.0745. The van der Waals surface area contributed by atoms with Gasteiger partial charge in [-0.1, -0.05) is 36.4 Å². The lowest BCUT2D eigenvalue weighted by Crippen LogP contribution is -2.34. The molecule has 5 nitrogen and oxygen atoms in total. The van der Waals surface area contributed by atoms with Crippen molar-refractivity contribution in [1.29, 1.82) is 0 Å². The Hall–Kier alpha value is -3.57. The highest BCUT2D eigenvalue weighted by atomic mass is 16.5. The third kappa shape index (κ3) is 4.12. The van der Waals surface area contributed by atoms with E-state index in [9.17, 15) is 4.79 Å². The van der Waals surface area contributed by atoms with E-state index in [1.807, 2.05) is 62.4 Å². The predicted octanol–water partition coefficient (Wildman–Crippen LogP) is 5.32. The number of allylic oxidation sites excluding steroid dienone is 1. The number of hydrogen-bond donors (Lipinski definition) is 0. The molecule has 0 atom stereocenters. The molecule has 5 heteroatoms. The van der Waals surface area contributed by atoms with Gasteiger partial charge in [0.1, 0.15) is 24.0 Å². The number of methoxy groups -OCH3 is 1. The Labute approximate surface area is 194 Å². The number of hydrogen-bond acceptors (Lipinski definition) is 5. The number of benzene rings is 3. The van der Waals surface area contributed by atoms with Crippen LogP contribution >= 0.6 is 0 Å². The molecule has 0 unspecified atom stereocenters. The third-order valence-corrected chi connectivity index (χ3v) is 6.35. The molecule has 2 aliphatic heterocycles. The van der Waals surface area contributed by atoms with Gasteiger partial charge in [0.15, 0.2) is 5.76 Å².